The van der Waals surface area contributed by atoms with Crippen molar-refractivity contribution in [2.75, 3.05) is 11.9 Å². The number of carbonyl (C=O) groups is 2. The molecule has 2 amide bonds. The number of H-pyrrole nitrogens is 1. The highest BCUT2D eigenvalue weighted by atomic mass is 35.5. The van der Waals surface area contributed by atoms with Gasteiger partial charge in [0.2, 0.25) is 0 Å². The molecule has 0 saturated heterocycles. The van der Waals surface area contributed by atoms with Crippen LogP contribution in [0.25, 0.3) is 22.0 Å². The highest BCUT2D eigenvalue weighted by molar-refractivity contribution is 7.98. The number of non-ortho nitro benzene ring substituents is 1. The molecule has 10 nitrogen and oxygen atoms in total. The van der Waals surface area contributed by atoms with Crippen molar-refractivity contribution in [1.82, 2.24) is 14.7 Å². The van der Waals surface area contributed by atoms with Gasteiger partial charge >= 0.3 is 0 Å². The predicted molar refractivity (Wildman–Crippen MR) is 202 cm³/mol. The standard InChI is InChI=1S/C39H34ClN5O5S/c1-23-21-29(22-24(2)35(23)40)50-20-6-10-34-33-8-4-7-32(31-9-5-19-41-25(31)3)36(33)43-37(34)39(47)42-27-13-11-26(12-14-27)38(46)44-51-30-17-15-28(16-18-30)45(48)49/h4-5,7-9,11-19,21-22,43H,6,10,20H2,1-3H3,(H,42,47)(H,44,46). The number of rotatable bonds is 12. The first-order valence-electron chi connectivity index (χ1n) is 16.2. The smallest absolute Gasteiger partial charge is 0.272 e. The van der Waals surface area contributed by atoms with Gasteiger partial charge in [0, 0.05) is 61.7 Å². The predicted octanol–water partition coefficient (Wildman–Crippen LogP) is 9.42. The van der Waals surface area contributed by atoms with Gasteiger partial charge in [-0.1, -0.05) is 35.9 Å². The minimum atomic E-state index is -0.479. The highest BCUT2D eigenvalue weighted by Crippen LogP contribution is 2.34. The van der Waals surface area contributed by atoms with E-state index in [0.717, 1.165) is 67.1 Å². The molecule has 51 heavy (non-hydrogen) atoms. The number of nitro groups is 1. The number of nitro benzene ring substituents is 1. The number of aromatic nitrogens is 2. The van der Waals surface area contributed by atoms with E-state index in [9.17, 15) is 19.7 Å². The number of aromatic amines is 1. The Labute approximate surface area is 303 Å². The Balaban J connectivity index is 1.20. The van der Waals surface area contributed by atoms with E-state index < -0.39 is 4.92 Å². The lowest BCUT2D eigenvalue weighted by atomic mass is 9.99. The molecule has 258 valence electrons. The van der Waals surface area contributed by atoms with Gasteiger partial charge in [0.1, 0.15) is 11.4 Å². The number of carbonyl (C=O) groups excluding carboxylic acids is 2. The maximum atomic E-state index is 13.9. The largest absolute Gasteiger partial charge is 0.494 e. The number of amides is 2. The van der Waals surface area contributed by atoms with Crippen molar-refractivity contribution >= 4 is 57.6 Å². The fourth-order valence-corrected chi connectivity index (χ4v) is 6.56. The summed E-state index contributed by atoms with van der Waals surface area (Å²) in [5.41, 5.74) is 7.74. The van der Waals surface area contributed by atoms with E-state index in [0.29, 0.717) is 41.3 Å². The van der Waals surface area contributed by atoms with E-state index in [1.165, 1.54) is 12.1 Å². The molecule has 6 rings (SSSR count). The van der Waals surface area contributed by atoms with Crippen molar-refractivity contribution in [1.29, 1.82) is 0 Å². The zero-order valence-corrected chi connectivity index (χ0v) is 29.7. The number of anilines is 1. The Kier molecular flexibility index (Phi) is 10.7. The number of para-hydroxylation sites is 1. The molecule has 2 heterocycles. The number of fused-ring (bicyclic) bond motifs is 1. The zero-order chi connectivity index (χ0) is 36.1. The molecule has 3 N–H and O–H groups in total. The summed E-state index contributed by atoms with van der Waals surface area (Å²) in [7, 11) is 0. The molecular formula is C39H34ClN5O5S. The maximum absolute atomic E-state index is 13.9. The van der Waals surface area contributed by atoms with E-state index in [1.54, 1.807) is 42.6 Å². The summed E-state index contributed by atoms with van der Waals surface area (Å²) in [6.07, 6.45) is 3.00. The second-order valence-electron chi connectivity index (χ2n) is 12.0. The number of halogens is 1. The Morgan fingerprint density at radius 3 is 2.31 bits per heavy atom. The van der Waals surface area contributed by atoms with Gasteiger partial charge < -0.3 is 15.0 Å². The molecule has 12 heteroatoms. The molecule has 0 saturated carbocycles. The summed E-state index contributed by atoms with van der Waals surface area (Å²) < 4.78 is 8.82. The molecule has 0 spiro atoms. The number of hydrogen-bond acceptors (Lipinski definition) is 7. The molecule has 0 bridgehead atoms. The number of aryl methyl sites for hydroxylation is 4. The first kappa shape index (κ1) is 35.2. The van der Waals surface area contributed by atoms with Gasteiger partial charge in [-0.25, -0.2) is 0 Å². The highest BCUT2D eigenvalue weighted by Gasteiger charge is 2.21. The third-order valence-corrected chi connectivity index (χ3v) is 9.82. The number of nitrogens with zero attached hydrogens (tertiary/aromatic N) is 2. The SMILES string of the molecule is Cc1cc(OCCCc2c(C(=O)Nc3ccc(C(=O)NSc4ccc([N+](=O)[O-])cc4)cc3)[nH]c3c(-c4cccnc4C)cccc23)cc(C)c1Cl. The van der Waals surface area contributed by atoms with E-state index in [-0.39, 0.29) is 17.5 Å². The van der Waals surface area contributed by atoms with Crippen molar-refractivity contribution in [2.24, 2.45) is 0 Å². The van der Waals surface area contributed by atoms with Gasteiger partial charge in [-0.2, -0.15) is 0 Å². The van der Waals surface area contributed by atoms with Gasteiger partial charge in [0.05, 0.1) is 17.0 Å². The molecule has 0 atom stereocenters. The maximum Gasteiger partial charge on any atom is 0.272 e. The van der Waals surface area contributed by atoms with E-state index in [4.69, 9.17) is 16.3 Å². The normalized spacial score (nSPS) is 11.0. The van der Waals surface area contributed by atoms with Crippen molar-refractivity contribution in [3.63, 3.8) is 0 Å². The van der Waals surface area contributed by atoms with Crippen LogP contribution in [0.15, 0.2) is 102 Å². The van der Waals surface area contributed by atoms with Gasteiger partial charge in [-0.05, 0) is 117 Å². The minimum Gasteiger partial charge on any atom is -0.494 e. The molecule has 0 aliphatic carbocycles. The van der Waals surface area contributed by atoms with Gasteiger partial charge in [-0.3, -0.25) is 29.4 Å². The van der Waals surface area contributed by atoms with Crippen LogP contribution >= 0.6 is 23.5 Å². The van der Waals surface area contributed by atoms with Crippen molar-refractivity contribution in [3.8, 4) is 16.9 Å². The van der Waals surface area contributed by atoms with Crippen LogP contribution < -0.4 is 14.8 Å². The second-order valence-corrected chi connectivity index (χ2v) is 13.2. The summed E-state index contributed by atoms with van der Waals surface area (Å²) in [6, 6.07) is 26.2. The van der Waals surface area contributed by atoms with Gasteiger partial charge in [-0.15, -0.1) is 0 Å². The lowest BCUT2D eigenvalue weighted by Crippen LogP contribution is -2.17. The van der Waals surface area contributed by atoms with Crippen LogP contribution in [-0.4, -0.2) is 33.3 Å². The van der Waals surface area contributed by atoms with Crippen LogP contribution in [-0.2, 0) is 6.42 Å². The summed E-state index contributed by atoms with van der Waals surface area (Å²) in [4.78, 5) is 45.6. The molecule has 2 aromatic heterocycles. The number of pyridine rings is 1. The van der Waals surface area contributed by atoms with Crippen LogP contribution in [0.3, 0.4) is 0 Å². The zero-order valence-electron chi connectivity index (χ0n) is 28.1. The fourth-order valence-electron chi connectivity index (χ4n) is 5.85. The third kappa shape index (κ3) is 8.06. The second kappa shape index (κ2) is 15.5. The number of nitrogens with one attached hydrogen (secondary N) is 3. The number of hydrogen-bond donors (Lipinski definition) is 3. The molecule has 0 aliphatic heterocycles. The monoisotopic (exact) mass is 719 g/mol. The summed E-state index contributed by atoms with van der Waals surface area (Å²) in [5, 5.41) is 15.5. The molecule has 0 unspecified atom stereocenters. The first-order valence-corrected chi connectivity index (χ1v) is 17.4. The average Bonchev–Trinajstić information content (AvgIpc) is 3.51. The Morgan fingerprint density at radius 1 is 0.922 bits per heavy atom. The van der Waals surface area contributed by atoms with E-state index in [2.05, 4.69) is 20.0 Å². The number of ether oxygens (including phenoxy) is 1. The number of benzene rings is 4. The van der Waals surface area contributed by atoms with Crippen molar-refractivity contribution in [2.45, 2.75) is 38.5 Å². The average molecular weight is 720 g/mol. The summed E-state index contributed by atoms with van der Waals surface area (Å²) >= 11 is 7.39. The Morgan fingerprint density at radius 2 is 1.63 bits per heavy atom. The Bertz CT molecular complexity index is 2230. The van der Waals surface area contributed by atoms with Crippen LogP contribution in [0.5, 0.6) is 5.75 Å². The molecule has 6 aromatic rings. The third-order valence-electron chi connectivity index (χ3n) is 8.43. The molecule has 0 radical (unpaired) electrons. The van der Waals surface area contributed by atoms with Crippen molar-refractivity contribution < 1.29 is 19.2 Å². The minimum absolute atomic E-state index is 0.0276. The molecule has 4 aromatic carbocycles. The summed E-state index contributed by atoms with van der Waals surface area (Å²) in [6.45, 7) is 6.31. The van der Waals surface area contributed by atoms with Crippen LogP contribution in [0.1, 0.15) is 49.7 Å². The lowest BCUT2D eigenvalue weighted by molar-refractivity contribution is -0.384. The van der Waals surface area contributed by atoms with Gasteiger partial charge in [0.25, 0.3) is 17.5 Å². The topological polar surface area (TPSA) is 139 Å². The Hall–Kier alpha value is -5.65. The van der Waals surface area contributed by atoms with Crippen LogP contribution in [0.2, 0.25) is 5.02 Å². The molecule has 0 fully saturated rings. The summed E-state index contributed by atoms with van der Waals surface area (Å²) in [5.74, 6) is 0.0899. The van der Waals surface area contributed by atoms with Crippen molar-refractivity contribution in [3.05, 3.63) is 146 Å². The first-order chi connectivity index (χ1) is 24.6. The lowest BCUT2D eigenvalue weighted by Gasteiger charge is -2.11. The fraction of sp³-hybridized carbons (Fsp3) is 0.154. The van der Waals surface area contributed by atoms with Crippen LogP contribution in [0, 0.1) is 30.9 Å². The van der Waals surface area contributed by atoms with Gasteiger partial charge in [0.15, 0.2) is 0 Å². The molecular weight excluding hydrogens is 686 g/mol. The van der Waals surface area contributed by atoms with E-state index >= 15 is 0 Å². The quantitative estimate of drug-likeness (QED) is 0.0496. The van der Waals surface area contributed by atoms with Crippen LogP contribution in [0.4, 0.5) is 11.4 Å². The molecule has 0 aliphatic rings. The van der Waals surface area contributed by atoms with E-state index in [1.807, 2.05) is 63.2 Å².